The van der Waals surface area contributed by atoms with E-state index in [-0.39, 0.29) is 10.8 Å². The standard InChI is InChI=1S/C12H19N3O3S/c1-3-15-19(17,18)11-6-4-10(5-7-11)14-9-8-12(16)13-2/h4-7,14-15H,3,8-9H2,1-2H3,(H,13,16). The van der Waals surface area contributed by atoms with E-state index in [0.717, 1.165) is 5.69 Å². The summed E-state index contributed by atoms with van der Waals surface area (Å²) in [7, 11) is -1.82. The zero-order valence-electron chi connectivity index (χ0n) is 11.1. The second-order valence-corrected chi connectivity index (χ2v) is 5.64. The minimum atomic E-state index is -3.41. The summed E-state index contributed by atoms with van der Waals surface area (Å²) in [5, 5.41) is 5.57. The lowest BCUT2D eigenvalue weighted by molar-refractivity contribution is -0.120. The van der Waals surface area contributed by atoms with Gasteiger partial charge < -0.3 is 10.6 Å². The molecule has 7 heteroatoms. The average molecular weight is 285 g/mol. The average Bonchev–Trinajstić information content (AvgIpc) is 2.39. The fraction of sp³-hybridized carbons (Fsp3) is 0.417. The molecule has 0 aliphatic rings. The van der Waals surface area contributed by atoms with E-state index in [2.05, 4.69) is 15.4 Å². The lowest BCUT2D eigenvalue weighted by Crippen LogP contribution is -2.23. The highest BCUT2D eigenvalue weighted by molar-refractivity contribution is 7.89. The Balaban J connectivity index is 2.59. The van der Waals surface area contributed by atoms with Crippen LogP contribution in [0.2, 0.25) is 0 Å². The van der Waals surface area contributed by atoms with Crippen LogP contribution in [0.5, 0.6) is 0 Å². The first-order valence-corrected chi connectivity index (χ1v) is 7.52. The van der Waals surface area contributed by atoms with E-state index in [9.17, 15) is 13.2 Å². The van der Waals surface area contributed by atoms with Gasteiger partial charge in [-0.2, -0.15) is 0 Å². The van der Waals surface area contributed by atoms with E-state index < -0.39 is 10.0 Å². The molecule has 0 radical (unpaired) electrons. The van der Waals surface area contributed by atoms with Crippen molar-refractivity contribution in [2.75, 3.05) is 25.5 Å². The molecular formula is C12H19N3O3S. The van der Waals surface area contributed by atoms with Crippen LogP contribution in [0.15, 0.2) is 29.2 Å². The van der Waals surface area contributed by atoms with E-state index >= 15 is 0 Å². The van der Waals surface area contributed by atoms with Crippen molar-refractivity contribution < 1.29 is 13.2 Å². The Bertz CT molecular complexity index is 512. The molecule has 0 unspecified atom stereocenters. The zero-order chi connectivity index (χ0) is 14.3. The lowest BCUT2D eigenvalue weighted by atomic mass is 10.3. The van der Waals surface area contributed by atoms with Crippen molar-refractivity contribution in [2.24, 2.45) is 0 Å². The van der Waals surface area contributed by atoms with Gasteiger partial charge in [0.05, 0.1) is 4.90 Å². The molecule has 106 valence electrons. The van der Waals surface area contributed by atoms with Crippen molar-refractivity contribution in [1.82, 2.24) is 10.0 Å². The number of amides is 1. The summed E-state index contributed by atoms with van der Waals surface area (Å²) >= 11 is 0. The smallest absolute Gasteiger partial charge is 0.240 e. The highest BCUT2D eigenvalue weighted by atomic mass is 32.2. The molecule has 1 aromatic carbocycles. The first kappa shape index (κ1) is 15.5. The molecule has 1 aromatic rings. The zero-order valence-corrected chi connectivity index (χ0v) is 11.9. The summed E-state index contributed by atoms with van der Waals surface area (Å²) in [6, 6.07) is 6.41. The van der Waals surface area contributed by atoms with Crippen LogP contribution in [-0.2, 0) is 14.8 Å². The van der Waals surface area contributed by atoms with Crippen LogP contribution in [0.25, 0.3) is 0 Å². The fourth-order valence-electron chi connectivity index (χ4n) is 1.47. The normalized spacial score (nSPS) is 11.1. The van der Waals surface area contributed by atoms with E-state index in [0.29, 0.717) is 19.5 Å². The second-order valence-electron chi connectivity index (χ2n) is 3.88. The SMILES string of the molecule is CCNS(=O)(=O)c1ccc(NCCC(=O)NC)cc1. The summed E-state index contributed by atoms with van der Waals surface area (Å²) in [5.74, 6) is -0.0427. The van der Waals surface area contributed by atoms with Crippen LogP contribution < -0.4 is 15.4 Å². The van der Waals surface area contributed by atoms with Crippen molar-refractivity contribution in [3.63, 3.8) is 0 Å². The van der Waals surface area contributed by atoms with E-state index in [1.54, 1.807) is 26.1 Å². The Morgan fingerprint density at radius 3 is 2.37 bits per heavy atom. The van der Waals surface area contributed by atoms with E-state index in [1.807, 2.05) is 0 Å². The third-order valence-electron chi connectivity index (χ3n) is 2.46. The molecule has 1 rings (SSSR count). The monoisotopic (exact) mass is 285 g/mol. The van der Waals surface area contributed by atoms with Crippen LogP contribution >= 0.6 is 0 Å². The summed E-state index contributed by atoms with van der Waals surface area (Å²) in [4.78, 5) is 11.2. The van der Waals surface area contributed by atoms with Crippen molar-refractivity contribution >= 4 is 21.6 Å². The Hall–Kier alpha value is -1.60. The number of hydrogen-bond donors (Lipinski definition) is 3. The van der Waals surface area contributed by atoms with Crippen LogP contribution in [0.3, 0.4) is 0 Å². The molecule has 0 fully saturated rings. The van der Waals surface area contributed by atoms with Crippen molar-refractivity contribution in [1.29, 1.82) is 0 Å². The predicted octanol–water partition coefficient (Wildman–Crippen LogP) is 0.533. The van der Waals surface area contributed by atoms with Gasteiger partial charge in [0.25, 0.3) is 0 Å². The molecule has 0 aromatic heterocycles. The Morgan fingerprint density at radius 2 is 1.84 bits per heavy atom. The van der Waals surface area contributed by atoms with Crippen LogP contribution in [-0.4, -0.2) is 34.5 Å². The quantitative estimate of drug-likeness (QED) is 0.682. The maximum atomic E-state index is 11.7. The maximum Gasteiger partial charge on any atom is 0.240 e. The summed E-state index contributed by atoms with van der Waals surface area (Å²) in [6.07, 6.45) is 0.369. The van der Waals surface area contributed by atoms with Gasteiger partial charge in [-0.05, 0) is 24.3 Å². The Kier molecular flexibility index (Phi) is 5.78. The number of anilines is 1. The van der Waals surface area contributed by atoms with Crippen LogP contribution in [0.1, 0.15) is 13.3 Å². The molecule has 0 heterocycles. The second kappa shape index (κ2) is 7.10. The summed E-state index contributed by atoms with van der Waals surface area (Å²) in [5.41, 5.74) is 0.777. The number of hydrogen-bond acceptors (Lipinski definition) is 4. The molecule has 0 aliphatic heterocycles. The van der Waals surface area contributed by atoms with Gasteiger partial charge in [0.2, 0.25) is 15.9 Å². The molecule has 0 bridgehead atoms. The number of benzene rings is 1. The molecule has 0 spiro atoms. The Labute approximate surface area is 113 Å². The van der Waals surface area contributed by atoms with Gasteiger partial charge in [-0.1, -0.05) is 6.92 Å². The number of carbonyl (C=O) groups is 1. The highest BCUT2D eigenvalue weighted by Gasteiger charge is 2.11. The van der Waals surface area contributed by atoms with Crippen LogP contribution in [0.4, 0.5) is 5.69 Å². The molecule has 6 nitrogen and oxygen atoms in total. The van der Waals surface area contributed by atoms with Gasteiger partial charge in [-0.15, -0.1) is 0 Å². The van der Waals surface area contributed by atoms with E-state index in [1.165, 1.54) is 12.1 Å². The number of nitrogens with one attached hydrogen (secondary N) is 3. The predicted molar refractivity (Wildman–Crippen MR) is 74.5 cm³/mol. The third-order valence-corrected chi connectivity index (χ3v) is 4.02. The third kappa shape index (κ3) is 4.88. The van der Waals surface area contributed by atoms with Gasteiger partial charge in [0.1, 0.15) is 0 Å². The molecule has 1 amide bonds. The molecule has 0 saturated heterocycles. The van der Waals surface area contributed by atoms with Gasteiger partial charge in [0, 0.05) is 32.2 Å². The molecule has 3 N–H and O–H groups in total. The van der Waals surface area contributed by atoms with Gasteiger partial charge >= 0.3 is 0 Å². The lowest BCUT2D eigenvalue weighted by Gasteiger charge is -2.08. The topological polar surface area (TPSA) is 87.3 Å². The van der Waals surface area contributed by atoms with Gasteiger partial charge in [0.15, 0.2) is 0 Å². The van der Waals surface area contributed by atoms with Gasteiger partial charge in [-0.25, -0.2) is 13.1 Å². The molecule has 0 saturated carbocycles. The molecule has 19 heavy (non-hydrogen) atoms. The minimum absolute atomic E-state index is 0.0427. The largest absolute Gasteiger partial charge is 0.385 e. The Morgan fingerprint density at radius 1 is 1.21 bits per heavy atom. The number of carbonyl (C=O) groups excluding carboxylic acids is 1. The maximum absolute atomic E-state index is 11.7. The van der Waals surface area contributed by atoms with Gasteiger partial charge in [-0.3, -0.25) is 4.79 Å². The van der Waals surface area contributed by atoms with Crippen molar-refractivity contribution in [2.45, 2.75) is 18.2 Å². The molecular weight excluding hydrogens is 266 g/mol. The van der Waals surface area contributed by atoms with Crippen molar-refractivity contribution in [3.8, 4) is 0 Å². The van der Waals surface area contributed by atoms with Crippen LogP contribution in [0, 0.1) is 0 Å². The molecule has 0 atom stereocenters. The fourth-order valence-corrected chi connectivity index (χ4v) is 2.51. The number of sulfonamides is 1. The van der Waals surface area contributed by atoms with Crippen molar-refractivity contribution in [3.05, 3.63) is 24.3 Å². The first-order chi connectivity index (χ1) is 8.99. The van der Waals surface area contributed by atoms with E-state index in [4.69, 9.17) is 0 Å². The first-order valence-electron chi connectivity index (χ1n) is 6.03. The molecule has 0 aliphatic carbocycles. The minimum Gasteiger partial charge on any atom is -0.385 e. The summed E-state index contributed by atoms with van der Waals surface area (Å²) < 4.78 is 25.8. The number of rotatable bonds is 7. The summed E-state index contributed by atoms with van der Waals surface area (Å²) in [6.45, 7) is 2.58. The highest BCUT2D eigenvalue weighted by Crippen LogP contribution is 2.13.